The van der Waals surface area contributed by atoms with Gasteiger partial charge in [0.1, 0.15) is 10.7 Å². The van der Waals surface area contributed by atoms with E-state index in [9.17, 15) is 8.42 Å². The zero-order valence-electron chi connectivity index (χ0n) is 16.8. The Morgan fingerprint density at radius 2 is 1.97 bits per heavy atom. The van der Waals surface area contributed by atoms with Crippen molar-refractivity contribution < 1.29 is 13.2 Å². The van der Waals surface area contributed by atoms with Gasteiger partial charge in [0.25, 0.3) is 0 Å². The van der Waals surface area contributed by atoms with Crippen LogP contribution >= 0.6 is 15.9 Å². The molecule has 4 aliphatic rings. The minimum Gasteiger partial charge on any atom is -0.375 e. The summed E-state index contributed by atoms with van der Waals surface area (Å²) in [6.45, 7) is 2.64. The van der Waals surface area contributed by atoms with Gasteiger partial charge in [-0.2, -0.15) is 4.31 Å². The zero-order valence-corrected chi connectivity index (χ0v) is 19.2. The van der Waals surface area contributed by atoms with E-state index in [1.165, 1.54) is 25.7 Å². The molecule has 2 saturated heterocycles. The van der Waals surface area contributed by atoms with E-state index in [4.69, 9.17) is 4.74 Å². The van der Waals surface area contributed by atoms with Crippen LogP contribution in [-0.2, 0) is 14.8 Å². The van der Waals surface area contributed by atoms with Gasteiger partial charge in [-0.25, -0.2) is 13.4 Å². The third-order valence-corrected chi connectivity index (χ3v) is 9.72. The molecule has 0 unspecified atom stereocenters. The van der Waals surface area contributed by atoms with Gasteiger partial charge in [0.05, 0.1) is 5.60 Å². The highest BCUT2D eigenvalue weighted by Gasteiger charge is 2.42. The van der Waals surface area contributed by atoms with E-state index >= 15 is 0 Å². The number of piperidine rings is 1. The molecule has 1 N–H and O–H groups in total. The molecule has 4 fully saturated rings. The number of sulfonamides is 1. The first kappa shape index (κ1) is 20.2. The van der Waals surface area contributed by atoms with Gasteiger partial charge in [-0.15, -0.1) is 0 Å². The molecule has 1 aromatic heterocycles. The summed E-state index contributed by atoms with van der Waals surface area (Å²) >= 11 is 3.40. The van der Waals surface area contributed by atoms with Crippen LogP contribution < -0.4 is 5.32 Å². The predicted octanol–water partition coefficient (Wildman–Crippen LogP) is 4.03. The Labute approximate surface area is 182 Å². The molecule has 160 valence electrons. The molecule has 0 aromatic carbocycles. The SMILES string of the molecule is O=S(=O)(c1cc(Br)cnc1NCC1CC(C2CC2)C1)N1CCC2(CCCO2)CC1. The second-order valence-electron chi connectivity index (χ2n) is 9.36. The standard InChI is InChI=1S/C21H30BrN3O3S/c22-18-12-19(20(24-14-18)23-13-15-10-17(11-15)16-2-3-16)29(26,27)25-7-5-21(6-8-25)4-1-9-28-21/h12,14-17H,1-11,13H2,(H,23,24). The van der Waals surface area contributed by atoms with Crippen LogP contribution in [0, 0.1) is 17.8 Å². The molecular weight excluding hydrogens is 454 g/mol. The maximum atomic E-state index is 13.4. The summed E-state index contributed by atoms with van der Waals surface area (Å²) in [5.41, 5.74) is -0.0923. The fourth-order valence-corrected chi connectivity index (χ4v) is 7.39. The third kappa shape index (κ3) is 4.10. The summed E-state index contributed by atoms with van der Waals surface area (Å²) in [6.07, 6.45) is 10.7. The smallest absolute Gasteiger partial charge is 0.246 e. The van der Waals surface area contributed by atoms with Gasteiger partial charge in [-0.05, 0) is 91.1 Å². The van der Waals surface area contributed by atoms with Crippen LogP contribution in [0.1, 0.15) is 51.4 Å². The lowest BCUT2D eigenvalue weighted by Gasteiger charge is -2.38. The minimum atomic E-state index is -3.59. The Morgan fingerprint density at radius 1 is 1.21 bits per heavy atom. The first-order valence-electron chi connectivity index (χ1n) is 11.0. The number of aromatic nitrogens is 1. The maximum Gasteiger partial charge on any atom is 0.246 e. The van der Waals surface area contributed by atoms with E-state index in [0.29, 0.717) is 29.3 Å². The molecular formula is C21H30BrN3O3S. The first-order valence-corrected chi connectivity index (χ1v) is 13.2. The second kappa shape index (κ2) is 7.77. The number of nitrogens with zero attached hydrogens (tertiary/aromatic N) is 2. The Bertz CT molecular complexity index is 852. The summed E-state index contributed by atoms with van der Waals surface area (Å²) in [7, 11) is -3.59. The zero-order chi connectivity index (χ0) is 20.1. The van der Waals surface area contributed by atoms with Crippen molar-refractivity contribution in [2.24, 2.45) is 17.8 Å². The molecule has 3 heterocycles. The van der Waals surface area contributed by atoms with Gasteiger partial charge in [-0.1, -0.05) is 0 Å². The molecule has 2 aliphatic carbocycles. The average Bonchev–Trinajstić information content (AvgIpc) is 3.41. The second-order valence-corrected chi connectivity index (χ2v) is 12.2. The van der Waals surface area contributed by atoms with Crippen LogP contribution in [0.3, 0.4) is 0 Å². The molecule has 1 aromatic rings. The lowest BCUT2D eigenvalue weighted by Crippen LogP contribution is -2.46. The molecule has 0 radical (unpaired) electrons. The lowest BCUT2D eigenvalue weighted by atomic mass is 9.72. The van der Waals surface area contributed by atoms with Crippen molar-refractivity contribution >= 4 is 31.8 Å². The quantitative estimate of drug-likeness (QED) is 0.661. The molecule has 0 atom stereocenters. The van der Waals surface area contributed by atoms with E-state index < -0.39 is 10.0 Å². The number of ether oxygens (including phenoxy) is 1. The monoisotopic (exact) mass is 483 g/mol. The van der Waals surface area contributed by atoms with Crippen LogP contribution in [0.4, 0.5) is 5.82 Å². The van der Waals surface area contributed by atoms with Crippen molar-refractivity contribution in [1.29, 1.82) is 0 Å². The van der Waals surface area contributed by atoms with E-state index in [-0.39, 0.29) is 10.5 Å². The van der Waals surface area contributed by atoms with Crippen LogP contribution in [0.5, 0.6) is 0 Å². The van der Waals surface area contributed by atoms with Crippen LogP contribution in [0.25, 0.3) is 0 Å². The number of hydrogen-bond acceptors (Lipinski definition) is 5. The predicted molar refractivity (Wildman–Crippen MR) is 115 cm³/mol. The molecule has 2 aliphatic heterocycles. The van der Waals surface area contributed by atoms with Gasteiger partial charge in [0.15, 0.2) is 0 Å². The molecule has 8 heteroatoms. The summed E-state index contributed by atoms with van der Waals surface area (Å²) in [4.78, 5) is 4.70. The van der Waals surface area contributed by atoms with Gasteiger partial charge < -0.3 is 10.1 Å². The van der Waals surface area contributed by atoms with E-state index in [1.54, 1.807) is 16.6 Å². The number of hydrogen-bond donors (Lipinski definition) is 1. The van der Waals surface area contributed by atoms with Crippen molar-refractivity contribution in [1.82, 2.24) is 9.29 Å². The highest BCUT2D eigenvalue weighted by Crippen LogP contribution is 2.49. The van der Waals surface area contributed by atoms with Crippen LogP contribution in [0.15, 0.2) is 21.6 Å². The van der Waals surface area contributed by atoms with Crippen molar-refractivity contribution in [3.8, 4) is 0 Å². The average molecular weight is 484 g/mol. The maximum absolute atomic E-state index is 13.4. The topological polar surface area (TPSA) is 71.5 Å². The summed E-state index contributed by atoms with van der Waals surface area (Å²) < 4.78 is 35.1. The fourth-order valence-electron chi connectivity index (χ4n) is 5.32. The van der Waals surface area contributed by atoms with Crippen molar-refractivity contribution in [3.05, 3.63) is 16.7 Å². The lowest BCUT2D eigenvalue weighted by molar-refractivity contribution is -0.0309. The Kier molecular flexibility index (Phi) is 5.42. The Hall–Kier alpha value is -0.700. The minimum absolute atomic E-state index is 0.0923. The van der Waals surface area contributed by atoms with Gasteiger partial charge in [0.2, 0.25) is 10.0 Å². The summed E-state index contributed by atoms with van der Waals surface area (Å²) in [6, 6.07) is 1.69. The molecule has 29 heavy (non-hydrogen) atoms. The number of pyridine rings is 1. The third-order valence-electron chi connectivity index (χ3n) is 7.37. The van der Waals surface area contributed by atoms with Crippen molar-refractivity contribution in [2.45, 2.75) is 61.9 Å². The molecule has 0 bridgehead atoms. The Morgan fingerprint density at radius 3 is 2.62 bits per heavy atom. The number of nitrogens with one attached hydrogen (secondary N) is 1. The summed E-state index contributed by atoms with van der Waals surface area (Å²) in [5.74, 6) is 3.00. The van der Waals surface area contributed by atoms with Gasteiger partial charge in [-0.3, -0.25) is 0 Å². The van der Waals surface area contributed by atoms with E-state index in [2.05, 4.69) is 26.2 Å². The van der Waals surface area contributed by atoms with Gasteiger partial charge in [0, 0.05) is 36.9 Å². The highest BCUT2D eigenvalue weighted by atomic mass is 79.9. The largest absolute Gasteiger partial charge is 0.375 e. The first-order chi connectivity index (χ1) is 14.0. The number of anilines is 1. The van der Waals surface area contributed by atoms with Crippen molar-refractivity contribution in [3.63, 3.8) is 0 Å². The van der Waals surface area contributed by atoms with Crippen molar-refractivity contribution in [2.75, 3.05) is 31.6 Å². The Balaban J connectivity index is 1.27. The molecule has 0 amide bonds. The molecule has 5 rings (SSSR count). The van der Waals surface area contributed by atoms with Gasteiger partial charge >= 0.3 is 0 Å². The molecule has 2 saturated carbocycles. The van der Waals surface area contributed by atoms with Crippen LogP contribution in [-0.4, -0.2) is 49.5 Å². The molecule has 6 nitrogen and oxygen atoms in total. The molecule has 1 spiro atoms. The number of rotatable bonds is 6. The normalized spacial score (nSPS) is 29.7. The van der Waals surface area contributed by atoms with E-state index in [0.717, 1.165) is 50.7 Å². The summed E-state index contributed by atoms with van der Waals surface area (Å²) in [5, 5.41) is 3.35. The highest BCUT2D eigenvalue weighted by molar-refractivity contribution is 9.10. The van der Waals surface area contributed by atoms with Crippen LogP contribution in [0.2, 0.25) is 0 Å². The fraction of sp³-hybridized carbons (Fsp3) is 0.762. The van der Waals surface area contributed by atoms with E-state index in [1.807, 2.05) is 0 Å². The number of halogens is 1.